The second-order valence-corrected chi connectivity index (χ2v) is 7.64. The Morgan fingerprint density at radius 3 is 2.62 bits per heavy atom. The first-order valence-corrected chi connectivity index (χ1v) is 9.04. The molecule has 4 rings (SSSR count). The van der Waals surface area contributed by atoms with Crippen LogP contribution in [0.4, 0.5) is 13.2 Å². The third kappa shape index (κ3) is 3.50. The molecule has 3 aromatic heterocycles. The Morgan fingerprint density at radius 2 is 1.86 bits per heavy atom. The summed E-state index contributed by atoms with van der Waals surface area (Å²) in [7, 11) is 1.92. The zero-order chi connectivity index (χ0) is 20.8. The Morgan fingerprint density at radius 1 is 1.07 bits per heavy atom. The molecule has 0 aliphatic rings. The Balaban J connectivity index is 1.71. The number of benzene rings is 1. The maximum Gasteiger partial charge on any atom is 0.394 e. The highest BCUT2D eigenvalue weighted by atomic mass is 19.4. The highest BCUT2D eigenvalue weighted by Crippen LogP contribution is 2.40. The maximum absolute atomic E-state index is 13.2. The molecule has 3 heterocycles. The summed E-state index contributed by atoms with van der Waals surface area (Å²) >= 11 is 0. The maximum atomic E-state index is 13.2. The van der Waals surface area contributed by atoms with E-state index in [1.807, 2.05) is 35.9 Å². The van der Waals surface area contributed by atoms with E-state index in [0.29, 0.717) is 17.0 Å². The van der Waals surface area contributed by atoms with E-state index in [0.717, 1.165) is 30.4 Å². The third-order valence-electron chi connectivity index (χ3n) is 4.99. The van der Waals surface area contributed by atoms with E-state index in [-0.39, 0.29) is 12.3 Å². The van der Waals surface area contributed by atoms with E-state index in [4.69, 9.17) is 4.42 Å². The Hall–Kier alpha value is -3.16. The fourth-order valence-corrected chi connectivity index (χ4v) is 3.11. The zero-order valence-corrected chi connectivity index (χ0v) is 16.2. The summed E-state index contributed by atoms with van der Waals surface area (Å²) < 4.78 is 47.1. The molecule has 0 unspecified atom stereocenters. The lowest BCUT2D eigenvalue weighted by atomic mass is 9.88. The van der Waals surface area contributed by atoms with Gasteiger partial charge in [-0.25, -0.2) is 9.97 Å². The van der Waals surface area contributed by atoms with Crippen LogP contribution >= 0.6 is 0 Å². The van der Waals surface area contributed by atoms with Crippen molar-refractivity contribution < 1.29 is 17.6 Å². The number of fused-ring (bicyclic) bond motifs is 1. The molecule has 0 saturated carbocycles. The van der Waals surface area contributed by atoms with Crippen molar-refractivity contribution >= 4 is 11.0 Å². The van der Waals surface area contributed by atoms with Gasteiger partial charge in [-0.15, -0.1) is 0 Å². The highest BCUT2D eigenvalue weighted by molar-refractivity contribution is 5.85. The van der Waals surface area contributed by atoms with Gasteiger partial charge in [0.05, 0.1) is 34.7 Å². The lowest BCUT2D eigenvalue weighted by Crippen LogP contribution is -2.34. The predicted molar refractivity (Wildman–Crippen MR) is 103 cm³/mol. The second-order valence-electron chi connectivity index (χ2n) is 7.64. The molecule has 4 aromatic rings. The molecule has 0 spiro atoms. The van der Waals surface area contributed by atoms with Crippen LogP contribution in [0.25, 0.3) is 33.6 Å². The number of hydrogen-bond acceptors (Lipinski definition) is 4. The summed E-state index contributed by atoms with van der Waals surface area (Å²) in [5, 5.41) is 0. The van der Waals surface area contributed by atoms with Crippen molar-refractivity contribution in [1.82, 2.24) is 19.5 Å². The molecular formula is C21H19F3N4O. The minimum absolute atomic E-state index is 0.0392. The molecule has 0 saturated heterocycles. The molecule has 0 radical (unpaired) electrons. The normalized spacial score (nSPS) is 12.6. The van der Waals surface area contributed by atoms with Crippen LogP contribution in [0.15, 0.2) is 53.5 Å². The number of pyridine rings is 1. The average molecular weight is 400 g/mol. The van der Waals surface area contributed by atoms with Crippen LogP contribution < -0.4 is 0 Å². The summed E-state index contributed by atoms with van der Waals surface area (Å²) in [4.78, 5) is 12.9. The van der Waals surface area contributed by atoms with Crippen molar-refractivity contribution in [2.24, 2.45) is 12.5 Å². The number of oxazole rings is 1. The molecule has 8 heteroatoms. The van der Waals surface area contributed by atoms with Crippen LogP contribution in [0.2, 0.25) is 0 Å². The molecule has 0 aliphatic carbocycles. The fourth-order valence-electron chi connectivity index (χ4n) is 3.11. The number of halogens is 3. The van der Waals surface area contributed by atoms with Gasteiger partial charge >= 0.3 is 6.18 Å². The number of hydrogen-bond donors (Lipinski definition) is 0. The number of imidazole rings is 1. The van der Waals surface area contributed by atoms with Crippen molar-refractivity contribution in [2.45, 2.75) is 26.4 Å². The Kier molecular flexibility index (Phi) is 4.44. The largest absolute Gasteiger partial charge is 0.441 e. The van der Waals surface area contributed by atoms with E-state index in [1.165, 1.54) is 6.20 Å². The van der Waals surface area contributed by atoms with Gasteiger partial charge in [0, 0.05) is 30.8 Å². The van der Waals surface area contributed by atoms with E-state index < -0.39 is 11.6 Å². The number of aromatic nitrogens is 4. The van der Waals surface area contributed by atoms with Gasteiger partial charge in [-0.1, -0.05) is 19.9 Å². The highest BCUT2D eigenvalue weighted by Gasteiger charge is 2.48. The molecule has 0 fully saturated rings. The molecular weight excluding hydrogens is 381 g/mol. The molecule has 1 aromatic carbocycles. The average Bonchev–Trinajstić information content (AvgIpc) is 3.27. The summed E-state index contributed by atoms with van der Waals surface area (Å²) in [6.07, 6.45) is 0.150. The van der Waals surface area contributed by atoms with E-state index in [2.05, 4.69) is 15.0 Å². The number of rotatable bonds is 4. The summed E-state index contributed by atoms with van der Waals surface area (Å²) in [5.41, 5.74) is 2.02. The smallest absolute Gasteiger partial charge is 0.394 e. The Bertz CT molecular complexity index is 1170. The minimum Gasteiger partial charge on any atom is -0.441 e. The van der Waals surface area contributed by atoms with E-state index >= 15 is 0 Å². The van der Waals surface area contributed by atoms with Crippen molar-refractivity contribution in [1.29, 1.82) is 0 Å². The first-order valence-electron chi connectivity index (χ1n) is 9.04. The number of alkyl halides is 3. The molecule has 150 valence electrons. The van der Waals surface area contributed by atoms with Crippen molar-refractivity contribution in [3.63, 3.8) is 0 Å². The van der Waals surface area contributed by atoms with Crippen LogP contribution in [-0.4, -0.2) is 25.7 Å². The van der Waals surface area contributed by atoms with Gasteiger partial charge in [0.2, 0.25) is 0 Å². The number of nitrogens with zero attached hydrogens (tertiary/aromatic N) is 4. The third-order valence-corrected chi connectivity index (χ3v) is 4.99. The van der Waals surface area contributed by atoms with Gasteiger partial charge in [-0.2, -0.15) is 13.2 Å². The second kappa shape index (κ2) is 6.72. The molecule has 0 bridgehead atoms. The first-order chi connectivity index (χ1) is 13.7. The van der Waals surface area contributed by atoms with Crippen molar-refractivity contribution in [2.75, 3.05) is 0 Å². The van der Waals surface area contributed by atoms with Gasteiger partial charge in [0.15, 0.2) is 11.7 Å². The Labute approximate surface area is 165 Å². The summed E-state index contributed by atoms with van der Waals surface area (Å²) in [6.45, 7) is 2.27. The van der Waals surface area contributed by atoms with E-state index in [9.17, 15) is 13.2 Å². The molecule has 0 aliphatic heterocycles. The van der Waals surface area contributed by atoms with Gasteiger partial charge in [0.25, 0.3) is 0 Å². The number of aryl methyl sites for hydroxylation is 1. The summed E-state index contributed by atoms with van der Waals surface area (Å²) in [5.74, 6) is 0.416. The lowest BCUT2D eigenvalue weighted by molar-refractivity contribution is -0.212. The zero-order valence-electron chi connectivity index (χ0n) is 16.2. The molecule has 0 N–H and O–H groups in total. The predicted octanol–water partition coefficient (Wildman–Crippen LogP) is 5.42. The fraction of sp³-hybridized carbons (Fsp3) is 0.286. The molecule has 0 atom stereocenters. The van der Waals surface area contributed by atoms with Gasteiger partial charge in [-0.3, -0.25) is 4.98 Å². The monoisotopic (exact) mass is 400 g/mol. The van der Waals surface area contributed by atoms with Crippen LogP contribution in [0.5, 0.6) is 0 Å². The topological polar surface area (TPSA) is 56.7 Å². The van der Waals surface area contributed by atoms with E-state index in [1.54, 1.807) is 18.6 Å². The van der Waals surface area contributed by atoms with Gasteiger partial charge in [0.1, 0.15) is 0 Å². The molecule has 29 heavy (non-hydrogen) atoms. The minimum atomic E-state index is -4.35. The first kappa shape index (κ1) is 19.2. The molecule has 0 amide bonds. The quantitative estimate of drug-likeness (QED) is 0.459. The van der Waals surface area contributed by atoms with Gasteiger partial charge < -0.3 is 8.98 Å². The van der Waals surface area contributed by atoms with Crippen LogP contribution in [-0.2, 0) is 13.5 Å². The summed E-state index contributed by atoms with van der Waals surface area (Å²) in [6, 6.07) is 9.36. The standard InChI is InChI=1S/C21H19F3N4O/c1-20(2,21(22,23)24)10-18-26-11-17(29-18)14-5-4-8-25-19(14)13-6-7-16-15(9-13)27-12-28(16)3/h4-9,11-12H,10H2,1-3H3. The van der Waals surface area contributed by atoms with Crippen molar-refractivity contribution in [3.8, 4) is 22.6 Å². The van der Waals surface area contributed by atoms with Gasteiger partial charge in [-0.05, 0) is 24.3 Å². The van der Waals surface area contributed by atoms with Crippen LogP contribution in [0.1, 0.15) is 19.7 Å². The van der Waals surface area contributed by atoms with Crippen LogP contribution in [0.3, 0.4) is 0 Å². The van der Waals surface area contributed by atoms with Crippen molar-refractivity contribution in [3.05, 3.63) is 54.9 Å². The molecule has 5 nitrogen and oxygen atoms in total. The lowest BCUT2D eigenvalue weighted by Gasteiger charge is -2.25. The van der Waals surface area contributed by atoms with Crippen LogP contribution in [0, 0.1) is 5.41 Å². The SMILES string of the molecule is Cn1cnc2cc(-c3ncccc3-c3cnc(CC(C)(C)C(F)(F)F)o3)ccc21.